The van der Waals surface area contributed by atoms with Crippen molar-refractivity contribution >= 4 is 33.8 Å². The Bertz CT molecular complexity index is 527. The standard InChI is InChI=1S/C10H7ClN2OS/c11-7-3-1-2-4-8(7)13-10-12-6-5-9(14)15-10/h1-6H,(H,12,13). The molecule has 2 rings (SSSR count). The van der Waals surface area contributed by atoms with Crippen LogP contribution in [-0.2, 0) is 0 Å². The van der Waals surface area contributed by atoms with Gasteiger partial charge in [0.15, 0.2) is 5.13 Å². The van der Waals surface area contributed by atoms with Crippen LogP contribution in [0.4, 0.5) is 10.8 Å². The predicted octanol–water partition coefficient (Wildman–Crippen LogP) is 2.90. The van der Waals surface area contributed by atoms with Crippen LogP contribution in [0.15, 0.2) is 41.3 Å². The van der Waals surface area contributed by atoms with Gasteiger partial charge in [-0.1, -0.05) is 35.1 Å². The van der Waals surface area contributed by atoms with Crippen molar-refractivity contribution in [3.8, 4) is 0 Å². The lowest BCUT2D eigenvalue weighted by molar-refractivity contribution is 1.35. The molecule has 1 aromatic carbocycles. The molecular formula is C10H7ClN2OS. The summed E-state index contributed by atoms with van der Waals surface area (Å²) in [6, 6.07) is 8.72. The van der Waals surface area contributed by atoms with E-state index in [0.717, 1.165) is 17.0 Å². The third kappa shape index (κ3) is 2.55. The van der Waals surface area contributed by atoms with Gasteiger partial charge in [0.05, 0.1) is 10.7 Å². The van der Waals surface area contributed by atoms with Gasteiger partial charge in [-0.05, 0) is 12.1 Å². The molecule has 5 heteroatoms. The number of anilines is 2. The highest BCUT2D eigenvalue weighted by molar-refractivity contribution is 7.13. The molecule has 0 fully saturated rings. The number of para-hydroxylation sites is 1. The Morgan fingerprint density at radius 2 is 2.07 bits per heavy atom. The Morgan fingerprint density at radius 3 is 2.80 bits per heavy atom. The van der Waals surface area contributed by atoms with Crippen LogP contribution < -0.4 is 10.1 Å². The zero-order valence-corrected chi connectivity index (χ0v) is 9.18. The Balaban J connectivity index is 2.30. The van der Waals surface area contributed by atoms with E-state index in [1.807, 2.05) is 18.2 Å². The highest BCUT2D eigenvalue weighted by atomic mass is 35.5. The fourth-order valence-electron chi connectivity index (χ4n) is 1.06. The Morgan fingerprint density at radius 1 is 1.27 bits per heavy atom. The Labute approximate surface area is 95.4 Å². The molecule has 0 amide bonds. The highest BCUT2D eigenvalue weighted by Crippen LogP contribution is 2.24. The van der Waals surface area contributed by atoms with Crippen molar-refractivity contribution < 1.29 is 0 Å². The van der Waals surface area contributed by atoms with Crippen LogP contribution in [0.1, 0.15) is 0 Å². The largest absolute Gasteiger partial charge is 0.330 e. The van der Waals surface area contributed by atoms with Gasteiger partial charge in [-0.2, -0.15) is 0 Å². The van der Waals surface area contributed by atoms with Crippen molar-refractivity contribution in [1.82, 2.24) is 4.98 Å². The summed E-state index contributed by atoms with van der Waals surface area (Å²) in [5, 5.41) is 4.13. The Hall–Kier alpha value is -1.39. The minimum absolute atomic E-state index is 0.0421. The summed E-state index contributed by atoms with van der Waals surface area (Å²) in [4.78, 5) is 15.1. The van der Waals surface area contributed by atoms with Crippen LogP contribution in [0.5, 0.6) is 0 Å². The first-order valence-corrected chi connectivity index (χ1v) is 5.43. The lowest BCUT2D eigenvalue weighted by Gasteiger charge is -2.04. The summed E-state index contributed by atoms with van der Waals surface area (Å²) >= 11 is 6.99. The van der Waals surface area contributed by atoms with Gasteiger partial charge in [0.1, 0.15) is 0 Å². The number of nitrogens with zero attached hydrogens (tertiary/aromatic N) is 1. The van der Waals surface area contributed by atoms with Crippen molar-refractivity contribution in [2.75, 3.05) is 5.32 Å². The van der Waals surface area contributed by atoms with Gasteiger partial charge >= 0.3 is 0 Å². The molecule has 1 N–H and O–H groups in total. The monoisotopic (exact) mass is 238 g/mol. The second-order valence-corrected chi connectivity index (χ2v) is 4.18. The maximum Gasteiger partial charge on any atom is 0.237 e. The molecule has 0 atom stereocenters. The van der Waals surface area contributed by atoms with Crippen LogP contribution in [-0.4, -0.2) is 4.98 Å². The van der Waals surface area contributed by atoms with Crippen molar-refractivity contribution in [2.45, 2.75) is 0 Å². The van der Waals surface area contributed by atoms with E-state index in [0.29, 0.717) is 10.2 Å². The van der Waals surface area contributed by atoms with E-state index in [2.05, 4.69) is 10.3 Å². The van der Waals surface area contributed by atoms with E-state index < -0.39 is 0 Å². The van der Waals surface area contributed by atoms with Gasteiger partial charge in [0, 0.05) is 12.3 Å². The molecule has 0 unspecified atom stereocenters. The zero-order valence-electron chi connectivity index (χ0n) is 7.61. The van der Waals surface area contributed by atoms with Crippen LogP contribution >= 0.6 is 22.9 Å². The first-order chi connectivity index (χ1) is 7.25. The number of nitrogens with one attached hydrogen (secondary N) is 1. The van der Waals surface area contributed by atoms with Crippen molar-refractivity contribution in [1.29, 1.82) is 0 Å². The van der Waals surface area contributed by atoms with Crippen LogP contribution in [0.2, 0.25) is 5.02 Å². The SMILES string of the molecule is O=c1ccnc(Nc2ccccc2Cl)s1. The maximum atomic E-state index is 11.1. The summed E-state index contributed by atoms with van der Waals surface area (Å²) in [5.74, 6) is 0. The summed E-state index contributed by atoms with van der Waals surface area (Å²) in [6.45, 7) is 0. The highest BCUT2D eigenvalue weighted by Gasteiger charge is 2.00. The van der Waals surface area contributed by atoms with E-state index >= 15 is 0 Å². The third-order valence-corrected chi connectivity index (χ3v) is 2.78. The van der Waals surface area contributed by atoms with E-state index in [-0.39, 0.29) is 4.74 Å². The van der Waals surface area contributed by atoms with Crippen molar-refractivity contribution in [2.24, 2.45) is 0 Å². The number of aromatic nitrogens is 1. The lowest BCUT2D eigenvalue weighted by atomic mass is 10.3. The van der Waals surface area contributed by atoms with Gasteiger partial charge in [-0.25, -0.2) is 4.98 Å². The lowest BCUT2D eigenvalue weighted by Crippen LogP contribution is -1.97. The molecule has 0 aliphatic carbocycles. The smallest absolute Gasteiger partial charge is 0.237 e. The van der Waals surface area contributed by atoms with E-state index in [1.165, 1.54) is 12.3 Å². The van der Waals surface area contributed by atoms with Gasteiger partial charge in [-0.3, -0.25) is 4.79 Å². The summed E-state index contributed by atoms with van der Waals surface area (Å²) in [5.41, 5.74) is 0.744. The van der Waals surface area contributed by atoms with Crippen LogP contribution in [0.3, 0.4) is 0 Å². The minimum atomic E-state index is -0.0421. The summed E-state index contributed by atoms with van der Waals surface area (Å²) < 4.78 is -0.0421. The first kappa shape index (κ1) is 10.1. The molecule has 1 aromatic heterocycles. The average molecular weight is 239 g/mol. The number of halogens is 1. The molecule has 3 nitrogen and oxygen atoms in total. The van der Waals surface area contributed by atoms with Crippen LogP contribution in [0, 0.1) is 0 Å². The molecule has 0 aliphatic heterocycles. The third-order valence-electron chi connectivity index (χ3n) is 1.72. The molecule has 0 spiro atoms. The van der Waals surface area contributed by atoms with E-state index in [4.69, 9.17) is 11.6 Å². The molecule has 2 aromatic rings. The van der Waals surface area contributed by atoms with E-state index in [1.54, 1.807) is 6.07 Å². The number of hydrogen-bond acceptors (Lipinski definition) is 4. The molecule has 0 bridgehead atoms. The maximum absolute atomic E-state index is 11.1. The number of hydrogen-bond donors (Lipinski definition) is 1. The normalized spacial score (nSPS) is 9.93. The second kappa shape index (κ2) is 4.42. The molecule has 0 saturated heterocycles. The fourth-order valence-corrected chi connectivity index (χ4v) is 1.83. The molecule has 15 heavy (non-hydrogen) atoms. The fraction of sp³-hybridized carbons (Fsp3) is 0. The number of rotatable bonds is 2. The quantitative estimate of drug-likeness (QED) is 0.875. The molecule has 76 valence electrons. The van der Waals surface area contributed by atoms with E-state index in [9.17, 15) is 4.79 Å². The minimum Gasteiger partial charge on any atom is -0.330 e. The molecular weight excluding hydrogens is 232 g/mol. The predicted molar refractivity (Wildman–Crippen MR) is 63.1 cm³/mol. The van der Waals surface area contributed by atoms with Crippen LogP contribution in [0.25, 0.3) is 0 Å². The van der Waals surface area contributed by atoms with Gasteiger partial charge < -0.3 is 5.32 Å². The zero-order chi connectivity index (χ0) is 10.7. The topological polar surface area (TPSA) is 42.0 Å². The average Bonchev–Trinajstić information content (AvgIpc) is 2.22. The second-order valence-electron chi connectivity index (χ2n) is 2.78. The first-order valence-electron chi connectivity index (χ1n) is 4.23. The van der Waals surface area contributed by atoms with Gasteiger partial charge in [0.25, 0.3) is 0 Å². The Kier molecular flexibility index (Phi) is 2.99. The molecule has 0 aliphatic rings. The molecule has 0 radical (unpaired) electrons. The molecule has 0 saturated carbocycles. The van der Waals surface area contributed by atoms with Gasteiger partial charge in [-0.15, -0.1) is 0 Å². The number of benzene rings is 1. The van der Waals surface area contributed by atoms with Crippen molar-refractivity contribution in [3.63, 3.8) is 0 Å². The summed E-state index contributed by atoms with van der Waals surface area (Å²) in [7, 11) is 0. The van der Waals surface area contributed by atoms with Crippen molar-refractivity contribution in [3.05, 3.63) is 51.1 Å². The molecule has 1 heterocycles. The van der Waals surface area contributed by atoms with Gasteiger partial charge in [0.2, 0.25) is 4.74 Å². The summed E-state index contributed by atoms with van der Waals surface area (Å²) in [6.07, 6.45) is 1.47.